The Labute approximate surface area is 94.3 Å². The van der Waals surface area contributed by atoms with Gasteiger partial charge in [0, 0.05) is 15.2 Å². The monoisotopic (exact) mass is 272 g/mol. The Morgan fingerprint density at radius 3 is 3.07 bits per heavy atom. The molecule has 0 radical (unpaired) electrons. The first-order valence-electron chi connectivity index (χ1n) is 4.12. The quantitative estimate of drug-likeness (QED) is 0.934. The van der Waals surface area contributed by atoms with Crippen molar-refractivity contribution in [2.45, 2.75) is 6.54 Å². The molecule has 0 aliphatic carbocycles. The maximum absolute atomic E-state index is 5.55. The van der Waals surface area contributed by atoms with Gasteiger partial charge in [-0.15, -0.1) is 0 Å². The van der Waals surface area contributed by atoms with Crippen LogP contribution in [0.3, 0.4) is 0 Å². The molecular weight excluding hydrogens is 264 g/mol. The topological polar surface area (TPSA) is 38.1 Å². The zero-order valence-corrected chi connectivity index (χ0v) is 9.98. The van der Waals surface area contributed by atoms with Crippen LogP contribution in [-0.2, 0) is 6.54 Å². The number of oxazole rings is 1. The lowest BCUT2D eigenvalue weighted by molar-refractivity contribution is 0.503. The zero-order valence-electron chi connectivity index (χ0n) is 7.58. The van der Waals surface area contributed by atoms with Gasteiger partial charge in [-0.25, -0.2) is 4.98 Å². The van der Waals surface area contributed by atoms with Crippen LogP contribution in [-0.4, -0.2) is 12.0 Å². The van der Waals surface area contributed by atoms with Crippen LogP contribution in [0.25, 0.3) is 11.5 Å². The minimum absolute atomic E-state index is 0.670. The van der Waals surface area contributed by atoms with Crippen molar-refractivity contribution in [1.82, 2.24) is 10.3 Å². The third-order valence-electron chi connectivity index (χ3n) is 1.75. The Kier molecular flexibility index (Phi) is 3.00. The van der Waals surface area contributed by atoms with E-state index in [1.54, 1.807) is 17.5 Å². The molecule has 0 fully saturated rings. The van der Waals surface area contributed by atoms with E-state index in [4.69, 9.17) is 4.42 Å². The van der Waals surface area contributed by atoms with Crippen molar-refractivity contribution in [1.29, 1.82) is 0 Å². The summed E-state index contributed by atoms with van der Waals surface area (Å²) >= 11 is 5.07. The largest absolute Gasteiger partial charge is 0.440 e. The SMILES string of the molecule is CNCc1cnc(-c2cscc2Br)o1. The van der Waals surface area contributed by atoms with Crippen LogP contribution < -0.4 is 5.32 Å². The average Bonchev–Trinajstić information content (AvgIpc) is 2.74. The Bertz CT molecular complexity index is 424. The molecule has 2 aromatic rings. The molecule has 1 N–H and O–H groups in total. The molecule has 2 heterocycles. The molecule has 0 bridgehead atoms. The number of halogens is 1. The summed E-state index contributed by atoms with van der Waals surface area (Å²) in [6.45, 7) is 0.703. The lowest BCUT2D eigenvalue weighted by Crippen LogP contribution is -2.03. The van der Waals surface area contributed by atoms with Crippen molar-refractivity contribution in [2.75, 3.05) is 7.05 Å². The number of hydrogen-bond donors (Lipinski definition) is 1. The Morgan fingerprint density at radius 1 is 1.57 bits per heavy atom. The summed E-state index contributed by atoms with van der Waals surface area (Å²) in [4.78, 5) is 4.21. The van der Waals surface area contributed by atoms with E-state index in [1.807, 2.05) is 17.8 Å². The standard InChI is InChI=1S/C9H9BrN2OS/c1-11-2-6-3-12-9(13-6)7-4-14-5-8(7)10/h3-5,11H,2H2,1H3. The highest BCUT2D eigenvalue weighted by molar-refractivity contribution is 9.10. The predicted octanol–water partition coefficient (Wildman–Crippen LogP) is 2.89. The zero-order chi connectivity index (χ0) is 9.97. The van der Waals surface area contributed by atoms with Crippen molar-refractivity contribution in [3.63, 3.8) is 0 Å². The van der Waals surface area contributed by atoms with Gasteiger partial charge in [-0.05, 0) is 23.0 Å². The van der Waals surface area contributed by atoms with E-state index in [0.29, 0.717) is 12.4 Å². The molecule has 0 aliphatic heterocycles. The summed E-state index contributed by atoms with van der Waals surface area (Å²) < 4.78 is 6.58. The number of rotatable bonds is 3. The van der Waals surface area contributed by atoms with E-state index in [2.05, 4.69) is 26.2 Å². The maximum atomic E-state index is 5.55. The van der Waals surface area contributed by atoms with E-state index in [0.717, 1.165) is 15.8 Å². The van der Waals surface area contributed by atoms with Gasteiger partial charge in [-0.2, -0.15) is 11.3 Å². The summed E-state index contributed by atoms with van der Waals surface area (Å²) in [5.74, 6) is 1.52. The molecule has 0 spiro atoms. The third-order valence-corrected chi connectivity index (χ3v) is 3.45. The number of nitrogens with one attached hydrogen (secondary N) is 1. The summed E-state index contributed by atoms with van der Waals surface area (Å²) in [6, 6.07) is 0. The molecular formula is C9H9BrN2OS. The van der Waals surface area contributed by atoms with Gasteiger partial charge in [0.25, 0.3) is 0 Å². The van der Waals surface area contributed by atoms with Gasteiger partial charge in [-0.3, -0.25) is 0 Å². The van der Waals surface area contributed by atoms with E-state index in [-0.39, 0.29) is 0 Å². The van der Waals surface area contributed by atoms with Crippen LogP contribution in [0.15, 0.2) is 25.8 Å². The minimum atomic E-state index is 0.670. The number of thiophene rings is 1. The summed E-state index contributed by atoms with van der Waals surface area (Å²) in [5.41, 5.74) is 1.01. The molecule has 14 heavy (non-hydrogen) atoms. The highest BCUT2D eigenvalue weighted by Crippen LogP contribution is 2.30. The Balaban J connectivity index is 2.29. The van der Waals surface area contributed by atoms with E-state index >= 15 is 0 Å². The van der Waals surface area contributed by atoms with Crippen LogP contribution in [0.2, 0.25) is 0 Å². The first-order valence-corrected chi connectivity index (χ1v) is 5.86. The Morgan fingerprint density at radius 2 is 2.43 bits per heavy atom. The maximum Gasteiger partial charge on any atom is 0.228 e. The smallest absolute Gasteiger partial charge is 0.228 e. The fourth-order valence-electron chi connectivity index (χ4n) is 1.12. The Hall–Kier alpha value is -0.650. The van der Waals surface area contributed by atoms with Gasteiger partial charge in [-0.1, -0.05) is 0 Å². The molecule has 5 heteroatoms. The van der Waals surface area contributed by atoms with E-state index in [1.165, 1.54) is 0 Å². The third kappa shape index (κ3) is 1.89. The highest BCUT2D eigenvalue weighted by Gasteiger charge is 2.10. The molecule has 0 aliphatic rings. The fraction of sp³-hybridized carbons (Fsp3) is 0.222. The first kappa shape index (κ1) is 9.89. The lowest BCUT2D eigenvalue weighted by Gasteiger charge is -1.92. The molecule has 0 saturated heterocycles. The van der Waals surface area contributed by atoms with Crippen LogP contribution >= 0.6 is 27.3 Å². The van der Waals surface area contributed by atoms with Crippen molar-refractivity contribution in [3.8, 4) is 11.5 Å². The molecule has 2 rings (SSSR count). The van der Waals surface area contributed by atoms with E-state index in [9.17, 15) is 0 Å². The summed E-state index contributed by atoms with van der Waals surface area (Å²) in [5, 5.41) is 7.04. The summed E-state index contributed by atoms with van der Waals surface area (Å²) in [7, 11) is 1.88. The molecule has 2 aromatic heterocycles. The van der Waals surface area contributed by atoms with Gasteiger partial charge in [0.05, 0.1) is 18.3 Å². The van der Waals surface area contributed by atoms with Crippen molar-refractivity contribution >= 4 is 27.3 Å². The molecule has 0 amide bonds. The highest BCUT2D eigenvalue weighted by atomic mass is 79.9. The number of aromatic nitrogens is 1. The van der Waals surface area contributed by atoms with Crippen LogP contribution in [0, 0.1) is 0 Å². The molecule has 0 atom stereocenters. The van der Waals surface area contributed by atoms with Gasteiger partial charge >= 0.3 is 0 Å². The molecule has 0 unspecified atom stereocenters. The van der Waals surface area contributed by atoms with Gasteiger partial charge in [0.15, 0.2) is 0 Å². The van der Waals surface area contributed by atoms with Crippen LogP contribution in [0.1, 0.15) is 5.76 Å². The molecule has 0 saturated carbocycles. The average molecular weight is 273 g/mol. The second-order valence-corrected chi connectivity index (χ2v) is 4.39. The molecule has 74 valence electrons. The van der Waals surface area contributed by atoms with E-state index < -0.39 is 0 Å². The predicted molar refractivity (Wildman–Crippen MR) is 60.3 cm³/mol. The van der Waals surface area contributed by atoms with Crippen molar-refractivity contribution in [2.24, 2.45) is 0 Å². The lowest BCUT2D eigenvalue weighted by atomic mass is 10.3. The van der Waals surface area contributed by atoms with Crippen molar-refractivity contribution < 1.29 is 4.42 Å². The normalized spacial score (nSPS) is 10.7. The molecule has 0 aromatic carbocycles. The second-order valence-electron chi connectivity index (χ2n) is 2.80. The van der Waals surface area contributed by atoms with Crippen LogP contribution in [0.5, 0.6) is 0 Å². The first-order chi connectivity index (χ1) is 6.81. The second kappa shape index (κ2) is 4.25. The van der Waals surface area contributed by atoms with Crippen LogP contribution in [0.4, 0.5) is 0 Å². The number of nitrogens with zero attached hydrogens (tertiary/aromatic N) is 1. The molecule has 3 nitrogen and oxygen atoms in total. The van der Waals surface area contributed by atoms with Gasteiger partial charge < -0.3 is 9.73 Å². The van der Waals surface area contributed by atoms with Gasteiger partial charge in [0.2, 0.25) is 5.89 Å². The fourth-order valence-corrected chi connectivity index (χ4v) is 2.56. The minimum Gasteiger partial charge on any atom is -0.440 e. The number of hydrogen-bond acceptors (Lipinski definition) is 4. The van der Waals surface area contributed by atoms with Gasteiger partial charge in [0.1, 0.15) is 5.76 Å². The summed E-state index contributed by atoms with van der Waals surface area (Å²) in [6.07, 6.45) is 1.75. The van der Waals surface area contributed by atoms with Crippen molar-refractivity contribution in [3.05, 3.63) is 27.2 Å².